The Bertz CT molecular complexity index is 364. The molecule has 0 aromatic rings. The van der Waals surface area contributed by atoms with Crippen molar-refractivity contribution in [1.29, 1.82) is 0 Å². The molecule has 0 aromatic heterocycles. The number of hydrogen-bond acceptors (Lipinski definition) is 4. The average molecular weight is 286 g/mol. The maximum atomic E-state index is 12.7. The number of carboxylic acid groups (broad SMARTS) is 1. The lowest BCUT2D eigenvalue weighted by Crippen LogP contribution is -2.49. The molecule has 0 saturated carbocycles. The second-order valence-electron chi connectivity index (χ2n) is 5.42. The molecule has 2 unspecified atom stereocenters. The molecule has 0 bridgehead atoms. The zero-order chi connectivity index (χ0) is 14.0. The molecule has 6 heteroatoms. The van der Waals surface area contributed by atoms with Crippen molar-refractivity contribution >= 4 is 23.6 Å². The van der Waals surface area contributed by atoms with Gasteiger partial charge in [-0.3, -0.25) is 4.79 Å². The van der Waals surface area contributed by atoms with Gasteiger partial charge in [-0.1, -0.05) is 20.3 Å². The lowest BCUT2D eigenvalue weighted by atomic mass is 9.96. The molecular formula is C13H22N2O3S. The molecule has 2 fully saturated rings. The van der Waals surface area contributed by atoms with Crippen molar-refractivity contribution in [2.24, 2.45) is 11.8 Å². The van der Waals surface area contributed by atoms with Crippen LogP contribution >= 0.6 is 11.8 Å². The number of carbonyl (C=O) groups is 2. The Labute approximate surface area is 118 Å². The Morgan fingerprint density at radius 3 is 2.68 bits per heavy atom. The summed E-state index contributed by atoms with van der Waals surface area (Å²) in [6.45, 7) is 5.63. The minimum atomic E-state index is -0.877. The van der Waals surface area contributed by atoms with E-state index in [9.17, 15) is 14.7 Å². The first-order valence-electron chi connectivity index (χ1n) is 6.93. The molecule has 4 atom stereocenters. The molecule has 0 aromatic carbocycles. The van der Waals surface area contributed by atoms with Gasteiger partial charge in [0.1, 0.15) is 6.04 Å². The first-order chi connectivity index (χ1) is 9.06. The molecule has 2 N–H and O–H groups in total. The summed E-state index contributed by atoms with van der Waals surface area (Å²) < 4.78 is 0. The number of nitrogens with zero attached hydrogens (tertiary/aromatic N) is 1. The number of thioether (sulfide) groups is 1. The fourth-order valence-electron chi connectivity index (χ4n) is 2.85. The Kier molecular flexibility index (Phi) is 4.73. The third kappa shape index (κ3) is 2.89. The molecule has 108 valence electrons. The number of amides is 1. The van der Waals surface area contributed by atoms with Gasteiger partial charge >= 0.3 is 5.97 Å². The lowest BCUT2D eigenvalue weighted by molar-refractivity contribution is -0.151. The fraction of sp³-hybridized carbons (Fsp3) is 0.846. The van der Waals surface area contributed by atoms with Crippen molar-refractivity contribution in [3.05, 3.63) is 0 Å². The standard InChI is InChI=1S/C13H22N2O3S/c1-3-4-11-15(10(7-19-11)13(17)18)12(16)9-6-14-5-8(9)2/h8-11,14H,3-7H2,1-2H3,(H,17,18)/t8-,9-,10?,11?/m1/s1. The molecule has 0 spiro atoms. The van der Waals surface area contributed by atoms with Gasteiger partial charge in [-0.15, -0.1) is 11.8 Å². The van der Waals surface area contributed by atoms with Gasteiger partial charge in [0.25, 0.3) is 0 Å². The summed E-state index contributed by atoms with van der Waals surface area (Å²) in [5.74, 6) is -0.124. The first-order valence-corrected chi connectivity index (χ1v) is 7.98. The highest BCUT2D eigenvalue weighted by molar-refractivity contribution is 8.00. The quantitative estimate of drug-likeness (QED) is 0.807. The Balaban J connectivity index is 2.15. The smallest absolute Gasteiger partial charge is 0.327 e. The van der Waals surface area contributed by atoms with E-state index in [0.717, 1.165) is 19.4 Å². The van der Waals surface area contributed by atoms with Crippen molar-refractivity contribution in [2.45, 2.75) is 38.1 Å². The number of carboxylic acids is 1. The number of aliphatic carboxylic acids is 1. The van der Waals surface area contributed by atoms with Gasteiger partial charge in [-0.05, 0) is 18.9 Å². The summed E-state index contributed by atoms with van der Waals surface area (Å²) in [5, 5.41) is 12.6. The third-order valence-corrected chi connectivity index (χ3v) is 5.36. The van der Waals surface area contributed by atoms with Gasteiger partial charge in [-0.2, -0.15) is 0 Å². The van der Waals surface area contributed by atoms with E-state index in [0.29, 0.717) is 12.3 Å². The van der Waals surface area contributed by atoms with Crippen LogP contribution in [0, 0.1) is 11.8 Å². The third-order valence-electron chi connectivity index (χ3n) is 4.00. The van der Waals surface area contributed by atoms with E-state index in [1.54, 1.807) is 16.7 Å². The molecule has 2 heterocycles. The van der Waals surface area contributed by atoms with Crippen LogP contribution in [0.5, 0.6) is 0 Å². The summed E-state index contributed by atoms with van der Waals surface area (Å²) in [4.78, 5) is 25.7. The van der Waals surface area contributed by atoms with Crippen LogP contribution in [0.4, 0.5) is 0 Å². The van der Waals surface area contributed by atoms with Crippen molar-refractivity contribution in [2.75, 3.05) is 18.8 Å². The van der Waals surface area contributed by atoms with Crippen molar-refractivity contribution < 1.29 is 14.7 Å². The van der Waals surface area contributed by atoms with Crippen LogP contribution in [0.15, 0.2) is 0 Å². The summed E-state index contributed by atoms with van der Waals surface area (Å²) in [7, 11) is 0. The predicted molar refractivity (Wildman–Crippen MR) is 74.9 cm³/mol. The summed E-state index contributed by atoms with van der Waals surface area (Å²) in [6.07, 6.45) is 1.83. The highest BCUT2D eigenvalue weighted by atomic mass is 32.2. The molecule has 0 radical (unpaired) electrons. The second-order valence-corrected chi connectivity index (χ2v) is 6.63. The van der Waals surface area contributed by atoms with Crippen LogP contribution < -0.4 is 5.32 Å². The summed E-state index contributed by atoms with van der Waals surface area (Å²) in [5.41, 5.74) is 0. The SMILES string of the molecule is CCCC1SCC(C(=O)O)N1C(=O)[C@@H]1CNC[C@H]1C. The van der Waals surface area contributed by atoms with Crippen LogP contribution in [0.1, 0.15) is 26.7 Å². The Morgan fingerprint density at radius 2 is 2.16 bits per heavy atom. The van der Waals surface area contributed by atoms with Crippen LogP contribution in [0.25, 0.3) is 0 Å². The number of hydrogen-bond donors (Lipinski definition) is 2. The Morgan fingerprint density at radius 1 is 1.42 bits per heavy atom. The minimum absolute atomic E-state index is 0.0216. The van der Waals surface area contributed by atoms with E-state index in [1.165, 1.54) is 0 Å². The van der Waals surface area contributed by atoms with Gasteiger partial charge in [0.05, 0.1) is 11.3 Å². The average Bonchev–Trinajstić information content (AvgIpc) is 2.95. The maximum Gasteiger partial charge on any atom is 0.327 e. The van der Waals surface area contributed by atoms with Crippen LogP contribution in [0.3, 0.4) is 0 Å². The van der Waals surface area contributed by atoms with Crippen molar-refractivity contribution in [1.82, 2.24) is 10.2 Å². The molecule has 19 heavy (non-hydrogen) atoms. The molecule has 2 rings (SSSR count). The zero-order valence-electron chi connectivity index (χ0n) is 11.5. The summed E-state index contributed by atoms with van der Waals surface area (Å²) in [6, 6.07) is -0.651. The zero-order valence-corrected chi connectivity index (χ0v) is 12.3. The number of rotatable bonds is 4. The molecule has 2 aliphatic heterocycles. The minimum Gasteiger partial charge on any atom is -0.480 e. The van der Waals surface area contributed by atoms with Crippen molar-refractivity contribution in [3.8, 4) is 0 Å². The first kappa shape index (κ1) is 14.7. The molecule has 2 aliphatic rings. The monoisotopic (exact) mass is 286 g/mol. The van der Waals surface area contributed by atoms with E-state index >= 15 is 0 Å². The van der Waals surface area contributed by atoms with Gasteiger partial charge in [0.2, 0.25) is 5.91 Å². The van der Waals surface area contributed by atoms with E-state index in [-0.39, 0.29) is 23.1 Å². The summed E-state index contributed by atoms with van der Waals surface area (Å²) >= 11 is 1.60. The number of carbonyl (C=O) groups excluding carboxylic acids is 1. The highest BCUT2D eigenvalue weighted by Crippen LogP contribution is 2.35. The van der Waals surface area contributed by atoms with E-state index in [2.05, 4.69) is 19.2 Å². The fourth-order valence-corrected chi connectivity index (χ4v) is 4.37. The molecule has 0 aliphatic carbocycles. The molecular weight excluding hydrogens is 264 g/mol. The van der Waals surface area contributed by atoms with E-state index in [1.807, 2.05) is 0 Å². The topological polar surface area (TPSA) is 69.6 Å². The lowest BCUT2D eigenvalue weighted by Gasteiger charge is -2.30. The van der Waals surface area contributed by atoms with Gasteiger partial charge < -0.3 is 15.3 Å². The molecule has 1 amide bonds. The Hall–Kier alpha value is -0.750. The van der Waals surface area contributed by atoms with Gasteiger partial charge in [0.15, 0.2) is 0 Å². The molecule has 2 saturated heterocycles. The van der Waals surface area contributed by atoms with Gasteiger partial charge in [-0.25, -0.2) is 4.79 Å². The highest BCUT2D eigenvalue weighted by Gasteiger charge is 2.44. The number of nitrogens with one attached hydrogen (secondary N) is 1. The van der Waals surface area contributed by atoms with Crippen LogP contribution in [0.2, 0.25) is 0 Å². The van der Waals surface area contributed by atoms with Crippen LogP contribution in [-0.2, 0) is 9.59 Å². The molecule has 5 nitrogen and oxygen atoms in total. The van der Waals surface area contributed by atoms with E-state index < -0.39 is 12.0 Å². The van der Waals surface area contributed by atoms with Crippen molar-refractivity contribution in [3.63, 3.8) is 0 Å². The predicted octanol–water partition coefficient (Wildman–Crippen LogP) is 0.997. The second kappa shape index (κ2) is 6.13. The van der Waals surface area contributed by atoms with E-state index in [4.69, 9.17) is 0 Å². The normalized spacial score (nSPS) is 34.7. The maximum absolute atomic E-state index is 12.7. The van der Waals surface area contributed by atoms with Gasteiger partial charge in [0, 0.05) is 12.3 Å². The largest absolute Gasteiger partial charge is 0.480 e. The van der Waals surface area contributed by atoms with Crippen LogP contribution in [-0.4, -0.2) is 52.1 Å².